The van der Waals surface area contributed by atoms with Crippen molar-refractivity contribution in [3.8, 4) is 55.6 Å². The van der Waals surface area contributed by atoms with Gasteiger partial charge in [0.25, 0.3) is 0 Å². The second-order valence-corrected chi connectivity index (χ2v) is 15.2. The fraction of sp³-hybridized carbons (Fsp3) is 0. The van der Waals surface area contributed by atoms with E-state index in [0.29, 0.717) is 0 Å². The molecule has 0 unspecified atom stereocenters. The molecule has 12 rings (SSSR count). The highest BCUT2D eigenvalue weighted by molar-refractivity contribution is 6.27. The Labute approximate surface area is 325 Å². The fourth-order valence-electron chi connectivity index (χ4n) is 9.52. The molecule has 0 saturated heterocycles. The van der Waals surface area contributed by atoms with E-state index in [1.807, 2.05) is 0 Å². The molecule has 12 aromatic carbocycles. The second-order valence-electron chi connectivity index (χ2n) is 15.2. The lowest BCUT2D eigenvalue weighted by molar-refractivity contribution is 1.56. The van der Waals surface area contributed by atoms with Crippen LogP contribution in [0.2, 0.25) is 0 Å². The highest BCUT2D eigenvalue weighted by atomic mass is 14.2. The van der Waals surface area contributed by atoms with Gasteiger partial charge in [-0.2, -0.15) is 0 Å². The van der Waals surface area contributed by atoms with Crippen molar-refractivity contribution < 1.29 is 0 Å². The van der Waals surface area contributed by atoms with E-state index in [1.54, 1.807) is 0 Å². The molecule has 0 aromatic heterocycles. The predicted molar refractivity (Wildman–Crippen MR) is 241 cm³/mol. The van der Waals surface area contributed by atoms with Crippen molar-refractivity contribution in [2.75, 3.05) is 0 Å². The first kappa shape index (κ1) is 31.1. The lowest BCUT2D eigenvalue weighted by atomic mass is 9.85. The molecule has 0 atom stereocenters. The maximum absolute atomic E-state index is 2.44. The third-order valence-electron chi connectivity index (χ3n) is 12.1. The second kappa shape index (κ2) is 12.1. The average molecular weight is 707 g/mol. The highest BCUT2D eigenvalue weighted by Crippen LogP contribution is 2.45. The third-order valence-corrected chi connectivity index (χ3v) is 12.1. The summed E-state index contributed by atoms with van der Waals surface area (Å²) in [4.78, 5) is 0. The smallest absolute Gasteiger partial charge is 0.00206 e. The quantitative estimate of drug-likeness (QED) is 0.156. The van der Waals surface area contributed by atoms with Crippen LogP contribution in [-0.2, 0) is 0 Å². The zero-order valence-corrected chi connectivity index (χ0v) is 30.6. The minimum Gasteiger partial charge on any atom is -0.0622 e. The van der Waals surface area contributed by atoms with Crippen LogP contribution in [0.1, 0.15) is 0 Å². The van der Waals surface area contributed by atoms with E-state index >= 15 is 0 Å². The van der Waals surface area contributed by atoms with Crippen molar-refractivity contribution in [1.29, 1.82) is 0 Å². The Balaban J connectivity index is 1.12. The summed E-state index contributed by atoms with van der Waals surface area (Å²) >= 11 is 0. The molecule has 0 fully saturated rings. The van der Waals surface area contributed by atoms with Crippen molar-refractivity contribution in [2.24, 2.45) is 0 Å². The molecule has 12 aromatic rings. The van der Waals surface area contributed by atoms with Crippen LogP contribution < -0.4 is 0 Å². The van der Waals surface area contributed by atoms with Crippen LogP contribution in [0.5, 0.6) is 0 Å². The van der Waals surface area contributed by atoms with Gasteiger partial charge >= 0.3 is 0 Å². The van der Waals surface area contributed by atoms with E-state index in [2.05, 4.69) is 206 Å². The van der Waals surface area contributed by atoms with Gasteiger partial charge in [0.2, 0.25) is 0 Å². The van der Waals surface area contributed by atoms with Crippen molar-refractivity contribution >= 4 is 64.6 Å². The van der Waals surface area contributed by atoms with Crippen LogP contribution in [0.4, 0.5) is 0 Å². The topological polar surface area (TPSA) is 0 Å². The van der Waals surface area contributed by atoms with Crippen LogP contribution in [0.25, 0.3) is 120 Å². The Morgan fingerprint density at radius 3 is 1.20 bits per heavy atom. The highest BCUT2D eigenvalue weighted by Gasteiger charge is 2.18. The molecule has 0 aliphatic carbocycles. The summed E-state index contributed by atoms with van der Waals surface area (Å²) in [6, 6.07) is 76.8. The van der Waals surface area contributed by atoms with E-state index in [9.17, 15) is 0 Å². The number of hydrogen-bond donors (Lipinski definition) is 0. The van der Waals surface area contributed by atoms with Crippen LogP contribution in [0.15, 0.2) is 206 Å². The summed E-state index contributed by atoms with van der Waals surface area (Å²) in [6.45, 7) is 0. The van der Waals surface area contributed by atoms with Crippen molar-refractivity contribution in [1.82, 2.24) is 0 Å². The summed E-state index contributed by atoms with van der Waals surface area (Å²) in [5, 5.41) is 15.6. The lowest BCUT2D eigenvalue weighted by Gasteiger charge is -2.19. The standard InChI is InChI=1S/C56H34/c1-3-9-35(10-4-1)44-31-45(33-46(32-44)48-26-21-41-19-17-37-13-7-15-39-23-29-50(48)55(41)53(37)39)43-25-27-47(36-11-5-2-6-12-36)52(34-43)49-28-22-42-20-18-38-14-8-16-40-24-30-51(49)56(42)54(38)40/h1-34H. The monoisotopic (exact) mass is 706 g/mol. The predicted octanol–water partition coefficient (Wildman–Crippen LogP) is 15.8. The van der Waals surface area contributed by atoms with E-state index in [-0.39, 0.29) is 0 Å². The molecule has 0 amide bonds. The maximum atomic E-state index is 2.44. The molecule has 0 spiro atoms. The van der Waals surface area contributed by atoms with Gasteiger partial charge < -0.3 is 0 Å². The molecule has 0 aliphatic rings. The summed E-state index contributed by atoms with van der Waals surface area (Å²) in [7, 11) is 0. The van der Waals surface area contributed by atoms with Gasteiger partial charge in [-0.1, -0.05) is 182 Å². The van der Waals surface area contributed by atoms with Crippen molar-refractivity contribution in [3.63, 3.8) is 0 Å². The van der Waals surface area contributed by atoms with E-state index < -0.39 is 0 Å². The van der Waals surface area contributed by atoms with Gasteiger partial charge in [-0.15, -0.1) is 0 Å². The van der Waals surface area contributed by atoms with Gasteiger partial charge in [0.05, 0.1) is 0 Å². The molecule has 0 nitrogen and oxygen atoms in total. The van der Waals surface area contributed by atoms with Crippen molar-refractivity contribution in [3.05, 3.63) is 206 Å². The van der Waals surface area contributed by atoms with Gasteiger partial charge in [-0.3, -0.25) is 0 Å². The Kier molecular flexibility index (Phi) is 6.73. The zero-order valence-electron chi connectivity index (χ0n) is 30.6. The van der Waals surface area contributed by atoms with Crippen molar-refractivity contribution in [2.45, 2.75) is 0 Å². The first-order chi connectivity index (χ1) is 27.7. The van der Waals surface area contributed by atoms with E-state index in [1.165, 1.54) is 120 Å². The molecule has 0 saturated carbocycles. The molecule has 0 bridgehead atoms. The molecule has 56 heavy (non-hydrogen) atoms. The van der Waals surface area contributed by atoms with Gasteiger partial charge in [-0.05, 0) is 145 Å². The van der Waals surface area contributed by atoms with Gasteiger partial charge in [0, 0.05) is 0 Å². The molecular weight excluding hydrogens is 673 g/mol. The SMILES string of the molecule is c1ccc(-c2cc(-c3ccc(-c4ccccc4)c(-c4ccc5ccc6cccc7ccc4c5c67)c3)cc(-c3ccc4ccc5cccc6ccc3c4c56)c2)cc1. The van der Waals surface area contributed by atoms with E-state index in [0.717, 1.165) is 0 Å². The summed E-state index contributed by atoms with van der Waals surface area (Å²) in [6.07, 6.45) is 0. The Morgan fingerprint density at radius 1 is 0.179 bits per heavy atom. The average Bonchev–Trinajstić information content (AvgIpc) is 3.27. The molecule has 0 aliphatic heterocycles. The largest absolute Gasteiger partial charge is 0.0622 e. The number of benzene rings is 12. The summed E-state index contributed by atoms with van der Waals surface area (Å²) in [5.74, 6) is 0. The fourth-order valence-corrected chi connectivity index (χ4v) is 9.52. The molecule has 0 heterocycles. The minimum atomic E-state index is 1.20. The maximum Gasteiger partial charge on any atom is -0.00206 e. The van der Waals surface area contributed by atoms with Gasteiger partial charge in [0.1, 0.15) is 0 Å². The van der Waals surface area contributed by atoms with Crippen LogP contribution >= 0.6 is 0 Å². The number of rotatable bonds is 5. The minimum absolute atomic E-state index is 1.20. The van der Waals surface area contributed by atoms with Crippen LogP contribution in [0.3, 0.4) is 0 Å². The molecule has 0 radical (unpaired) electrons. The zero-order chi connectivity index (χ0) is 36.7. The lowest BCUT2D eigenvalue weighted by Crippen LogP contribution is -1.92. The third kappa shape index (κ3) is 4.73. The molecule has 0 heteroatoms. The molecular formula is C56H34. The van der Waals surface area contributed by atoms with E-state index in [4.69, 9.17) is 0 Å². The molecule has 0 N–H and O–H groups in total. The summed E-state index contributed by atoms with van der Waals surface area (Å²) < 4.78 is 0. The normalized spacial score (nSPS) is 11.9. The Bertz CT molecular complexity index is 3410. The Morgan fingerprint density at radius 2 is 0.607 bits per heavy atom. The van der Waals surface area contributed by atoms with Gasteiger partial charge in [-0.25, -0.2) is 0 Å². The summed E-state index contributed by atoms with van der Waals surface area (Å²) in [5.41, 5.74) is 12.2. The van der Waals surface area contributed by atoms with Crippen LogP contribution in [-0.4, -0.2) is 0 Å². The van der Waals surface area contributed by atoms with Crippen LogP contribution in [0, 0.1) is 0 Å². The number of hydrogen-bond acceptors (Lipinski definition) is 0. The first-order valence-corrected chi connectivity index (χ1v) is 19.5. The Hall–Kier alpha value is -7.28. The van der Waals surface area contributed by atoms with Gasteiger partial charge in [0.15, 0.2) is 0 Å². The first-order valence-electron chi connectivity index (χ1n) is 19.5. The molecule has 258 valence electrons.